The number of rotatable bonds is 8. The predicted octanol–water partition coefficient (Wildman–Crippen LogP) is 4.65. The van der Waals surface area contributed by atoms with Gasteiger partial charge in [-0.05, 0) is 42.5 Å². The molecule has 0 radical (unpaired) electrons. The van der Waals surface area contributed by atoms with Crippen LogP contribution in [0.5, 0.6) is 11.5 Å². The van der Waals surface area contributed by atoms with Crippen molar-refractivity contribution in [3.63, 3.8) is 0 Å². The molecular formula is C23H23ClF3N3O4. The van der Waals surface area contributed by atoms with Crippen LogP contribution in [0.2, 0.25) is 5.02 Å². The second-order valence-electron chi connectivity index (χ2n) is 7.84. The first-order chi connectivity index (χ1) is 16.3. The van der Waals surface area contributed by atoms with Crippen molar-refractivity contribution in [3.8, 4) is 11.5 Å². The standard InChI is InChI=1S/C23H23ClF3N3O4/c24-19-12-18(32-9-7-22(14-31)13-28-8-10-33-22)11-15-1-6-20(30-21(15)19)29-16-2-4-17(5-3-16)34-23(25,26)27/h1-6,11-12,28,31H,7-10,13-14H2,(H,29,30). The molecule has 0 saturated carbocycles. The molecule has 1 aromatic heterocycles. The molecule has 7 nitrogen and oxygen atoms in total. The van der Waals surface area contributed by atoms with Crippen LogP contribution >= 0.6 is 11.6 Å². The van der Waals surface area contributed by atoms with Gasteiger partial charge in [-0.1, -0.05) is 11.6 Å². The lowest BCUT2D eigenvalue weighted by molar-refractivity contribution is -0.274. The molecule has 1 fully saturated rings. The lowest BCUT2D eigenvalue weighted by Gasteiger charge is -2.36. The first kappa shape index (κ1) is 24.3. The number of nitrogens with zero attached hydrogens (tertiary/aromatic N) is 1. The molecule has 1 aliphatic rings. The van der Waals surface area contributed by atoms with Crippen LogP contribution in [0.1, 0.15) is 6.42 Å². The Hall–Kier alpha value is -2.79. The molecule has 0 spiro atoms. The van der Waals surface area contributed by atoms with Crippen molar-refractivity contribution in [2.45, 2.75) is 18.4 Å². The van der Waals surface area contributed by atoms with E-state index in [4.69, 9.17) is 21.1 Å². The number of anilines is 2. The van der Waals surface area contributed by atoms with Crippen molar-refractivity contribution in [3.05, 3.63) is 53.6 Å². The topological polar surface area (TPSA) is 84.9 Å². The zero-order valence-corrected chi connectivity index (χ0v) is 18.7. The number of benzene rings is 2. The average molecular weight is 498 g/mol. The Morgan fingerprint density at radius 2 is 1.94 bits per heavy atom. The molecule has 2 aromatic carbocycles. The maximum Gasteiger partial charge on any atom is 0.573 e. The van der Waals surface area contributed by atoms with Crippen LogP contribution in [0, 0.1) is 0 Å². The first-order valence-corrected chi connectivity index (χ1v) is 10.9. The SMILES string of the molecule is OCC1(CCOc2cc(Cl)c3nc(Nc4ccc(OC(F)(F)F)cc4)ccc3c2)CNCCO1. The minimum absolute atomic E-state index is 0.0976. The van der Waals surface area contributed by atoms with E-state index in [0.29, 0.717) is 54.0 Å². The third-order valence-corrected chi connectivity index (χ3v) is 5.62. The van der Waals surface area contributed by atoms with Crippen molar-refractivity contribution < 1.29 is 32.5 Å². The van der Waals surface area contributed by atoms with Gasteiger partial charge in [0.05, 0.1) is 30.4 Å². The number of aliphatic hydroxyl groups is 1. The van der Waals surface area contributed by atoms with Crippen molar-refractivity contribution in [1.82, 2.24) is 10.3 Å². The van der Waals surface area contributed by atoms with Crippen LogP contribution in [-0.2, 0) is 4.74 Å². The fourth-order valence-electron chi connectivity index (χ4n) is 3.61. The largest absolute Gasteiger partial charge is 0.573 e. The van der Waals surface area contributed by atoms with E-state index < -0.39 is 12.0 Å². The third kappa shape index (κ3) is 6.20. The van der Waals surface area contributed by atoms with Crippen LogP contribution in [-0.4, -0.2) is 55.0 Å². The van der Waals surface area contributed by atoms with Gasteiger partial charge >= 0.3 is 6.36 Å². The molecule has 1 aliphatic heterocycles. The smallest absolute Gasteiger partial charge is 0.493 e. The molecule has 34 heavy (non-hydrogen) atoms. The summed E-state index contributed by atoms with van der Waals surface area (Å²) in [6, 6.07) is 12.3. The van der Waals surface area contributed by atoms with Gasteiger partial charge < -0.3 is 30.0 Å². The van der Waals surface area contributed by atoms with E-state index in [-0.39, 0.29) is 12.4 Å². The van der Waals surface area contributed by atoms with E-state index in [0.717, 1.165) is 11.9 Å². The number of halogens is 4. The van der Waals surface area contributed by atoms with Crippen LogP contribution in [0.15, 0.2) is 48.5 Å². The molecule has 4 rings (SSSR count). The highest BCUT2D eigenvalue weighted by atomic mass is 35.5. The van der Waals surface area contributed by atoms with Gasteiger partial charge in [0.2, 0.25) is 0 Å². The summed E-state index contributed by atoms with van der Waals surface area (Å²) in [5.41, 5.74) is 0.426. The molecule has 2 heterocycles. The number of aromatic nitrogens is 1. The fraction of sp³-hybridized carbons (Fsp3) is 0.348. The van der Waals surface area contributed by atoms with Gasteiger partial charge in [0.15, 0.2) is 0 Å². The number of hydrogen-bond donors (Lipinski definition) is 3. The Kier molecular flexibility index (Phi) is 7.32. The molecule has 182 valence electrons. The number of aliphatic hydroxyl groups excluding tert-OH is 1. The molecule has 3 N–H and O–H groups in total. The lowest BCUT2D eigenvalue weighted by atomic mass is 10.00. The molecule has 1 unspecified atom stereocenters. The number of morpholine rings is 1. The quantitative estimate of drug-likeness (QED) is 0.418. The van der Waals surface area contributed by atoms with Crippen molar-refractivity contribution in [2.24, 2.45) is 0 Å². The van der Waals surface area contributed by atoms with E-state index in [9.17, 15) is 18.3 Å². The summed E-state index contributed by atoms with van der Waals surface area (Å²) in [6.45, 7) is 2.09. The summed E-state index contributed by atoms with van der Waals surface area (Å²) in [7, 11) is 0. The summed E-state index contributed by atoms with van der Waals surface area (Å²) >= 11 is 6.43. The van der Waals surface area contributed by atoms with Gasteiger partial charge in [-0.3, -0.25) is 0 Å². The highest BCUT2D eigenvalue weighted by Crippen LogP contribution is 2.31. The van der Waals surface area contributed by atoms with Gasteiger partial charge in [-0.2, -0.15) is 0 Å². The van der Waals surface area contributed by atoms with Gasteiger partial charge in [0, 0.05) is 36.7 Å². The zero-order chi connectivity index (χ0) is 24.2. The van der Waals surface area contributed by atoms with E-state index in [1.54, 1.807) is 12.1 Å². The fourth-order valence-corrected chi connectivity index (χ4v) is 3.87. The normalized spacial score (nSPS) is 18.6. The molecule has 11 heteroatoms. The van der Waals surface area contributed by atoms with E-state index in [1.165, 1.54) is 24.3 Å². The molecule has 1 saturated heterocycles. The van der Waals surface area contributed by atoms with Gasteiger partial charge in [-0.25, -0.2) is 4.98 Å². The lowest BCUT2D eigenvalue weighted by Crippen LogP contribution is -2.53. The minimum atomic E-state index is -4.74. The van der Waals surface area contributed by atoms with Gasteiger partial charge in [0.1, 0.15) is 22.9 Å². The Balaban J connectivity index is 1.41. The van der Waals surface area contributed by atoms with Crippen molar-refractivity contribution in [2.75, 3.05) is 38.2 Å². The van der Waals surface area contributed by atoms with Crippen LogP contribution < -0.4 is 20.1 Å². The Labute approximate surface area is 198 Å². The van der Waals surface area contributed by atoms with Crippen LogP contribution in [0.3, 0.4) is 0 Å². The summed E-state index contributed by atoms with van der Waals surface area (Å²) in [5, 5.41) is 17.1. The Morgan fingerprint density at radius 1 is 1.15 bits per heavy atom. The number of hydrogen-bond acceptors (Lipinski definition) is 7. The molecular weight excluding hydrogens is 475 g/mol. The van der Waals surface area contributed by atoms with E-state index in [1.807, 2.05) is 12.1 Å². The van der Waals surface area contributed by atoms with Gasteiger partial charge in [-0.15, -0.1) is 13.2 Å². The Bertz CT molecular complexity index is 1120. The first-order valence-electron chi connectivity index (χ1n) is 10.6. The van der Waals surface area contributed by atoms with Crippen LogP contribution in [0.4, 0.5) is 24.7 Å². The van der Waals surface area contributed by atoms with Crippen molar-refractivity contribution >= 4 is 34.0 Å². The highest BCUT2D eigenvalue weighted by Gasteiger charge is 2.32. The number of nitrogens with one attached hydrogen (secondary N) is 2. The molecule has 1 atom stereocenters. The number of alkyl halides is 3. The molecule has 0 amide bonds. The summed E-state index contributed by atoms with van der Waals surface area (Å²) in [4.78, 5) is 4.50. The number of pyridine rings is 1. The Morgan fingerprint density at radius 3 is 2.62 bits per heavy atom. The molecule has 0 bridgehead atoms. The number of ether oxygens (including phenoxy) is 3. The predicted molar refractivity (Wildman–Crippen MR) is 122 cm³/mol. The summed E-state index contributed by atoms with van der Waals surface area (Å²) in [5.74, 6) is 0.729. The molecule has 0 aliphatic carbocycles. The minimum Gasteiger partial charge on any atom is -0.493 e. The monoisotopic (exact) mass is 497 g/mol. The van der Waals surface area contributed by atoms with E-state index in [2.05, 4.69) is 20.4 Å². The number of fused-ring (bicyclic) bond motifs is 1. The summed E-state index contributed by atoms with van der Waals surface area (Å²) < 4.78 is 52.4. The zero-order valence-electron chi connectivity index (χ0n) is 18.0. The van der Waals surface area contributed by atoms with Crippen LogP contribution in [0.25, 0.3) is 10.9 Å². The third-order valence-electron chi connectivity index (χ3n) is 5.33. The maximum absolute atomic E-state index is 12.3. The highest BCUT2D eigenvalue weighted by molar-refractivity contribution is 6.35. The summed E-state index contributed by atoms with van der Waals surface area (Å²) in [6.07, 6.45) is -4.23. The van der Waals surface area contributed by atoms with Gasteiger partial charge in [0.25, 0.3) is 0 Å². The van der Waals surface area contributed by atoms with Crippen molar-refractivity contribution in [1.29, 1.82) is 0 Å². The maximum atomic E-state index is 12.3. The van der Waals surface area contributed by atoms with E-state index >= 15 is 0 Å². The second-order valence-corrected chi connectivity index (χ2v) is 8.24. The molecule has 3 aromatic rings. The average Bonchev–Trinajstić information content (AvgIpc) is 2.80. The second kappa shape index (κ2) is 10.2.